The Morgan fingerprint density at radius 1 is 0.588 bits per heavy atom. The highest BCUT2D eigenvalue weighted by Crippen LogP contribution is 2.39. The molecule has 0 aliphatic heterocycles. The molecule has 6 rings (SSSR count). The van der Waals surface area contributed by atoms with Gasteiger partial charge in [0.2, 0.25) is 0 Å². The van der Waals surface area contributed by atoms with Crippen LogP contribution in [0.1, 0.15) is 23.1 Å². The summed E-state index contributed by atoms with van der Waals surface area (Å²) < 4.78 is 0. The largest absolute Gasteiger partial charge is 0.0752 e. The minimum Gasteiger partial charge on any atom is -0.0752 e. The molecule has 1 atom stereocenters. The first-order valence-corrected chi connectivity index (χ1v) is 11.9. The minimum absolute atomic E-state index is 0.180. The first-order valence-electron chi connectivity index (χ1n) is 11.9. The van der Waals surface area contributed by atoms with Crippen LogP contribution in [0, 0.1) is 0 Å². The number of hydrogen-bond donors (Lipinski definition) is 0. The van der Waals surface area contributed by atoms with Crippen molar-refractivity contribution in [2.24, 2.45) is 0 Å². The van der Waals surface area contributed by atoms with Gasteiger partial charge in [0.1, 0.15) is 0 Å². The fourth-order valence-corrected chi connectivity index (χ4v) is 4.96. The summed E-state index contributed by atoms with van der Waals surface area (Å²) in [6.07, 6.45) is 12.6. The summed E-state index contributed by atoms with van der Waals surface area (Å²) in [7, 11) is 0. The molecule has 34 heavy (non-hydrogen) atoms. The highest BCUT2D eigenvalue weighted by Gasteiger charge is 2.28. The molecule has 1 unspecified atom stereocenters. The van der Waals surface area contributed by atoms with E-state index in [0.29, 0.717) is 0 Å². The van der Waals surface area contributed by atoms with Gasteiger partial charge >= 0.3 is 0 Å². The number of hydrogen-bond acceptors (Lipinski definition) is 0. The van der Waals surface area contributed by atoms with E-state index in [1.807, 2.05) is 0 Å². The van der Waals surface area contributed by atoms with E-state index in [9.17, 15) is 0 Å². The fourth-order valence-electron chi connectivity index (χ4n) is 4.96. The van der Waals surface area contributed by atoms with Gasteiger partial charge in [0.25, 0.3) is 0 Å². The Morgan fingerprint density at radius 2 is 1.24 bits per heavy atom. The first-order chi connectivity index (χ1) is 16.8. The third-order valence-corrected chi connectivity index (χ3v) is 6.96. The molecule has 0 saturated carbocycles. The summed E-state index contributed by atoms with van der Waals surface area (Å²) in [4.78, 5) is 0. The average molecular weight is 435 g/mol. The summed E-state index contributed by atoms with van der Waals surface area (Å²) >= 11 is 0. The summed E-state index contributed by atoms with van der Waals surface area (Å²) in [6.45, 7) is 0. The zero-order chi connectivity index (χ0) is 22.8. The summed E-state index contributed by atoms with van der Waals surface area (Å²) in [5.74, 6) is 0. The van der Waals surface area contributed by atoms with Gasteiger partial charge in [-0.2, -0.15) is 0 Å². The van der Waals surface area contributed by atoms with Gasteiger partial charge in [0.15, 0.2) is 0 Å². The van der Waals surface area contributed by atoms with Crippen LogP contribution in [-0.2, 0) is 5.41 Å². The molecule has 0 radical (unpaired) electrons. The molecule has 0 saturated heterocycles. The molecular weight excluding hydrogens is 408 g/mol. The Kier molecular flexibility index (Phi) is 5.20. The van der Waals surface area contributed by atoms with Crippen LogP contribution in [0.25, 0.3) is 33.2 Å². The van der Waals surface area contributed by atoms with Gasteiger partial charge in [-0.1, -0.05) is 134 Å². The molecule has 162 valence electrons. The predicted molar refractivity (Wildman–Crippen MR) is 147 cm³/mol. The summed E-state index contributed by atoms with van der Waals surface area (Å²) in [5, 5.41) is 5.12. The Hall–Kier alpha value is -4.16. The van der Waals surface area contributed by atoms with E-state index in [-0.39, 0.29) is 5.41 Å². The Labute approximate surface area is 201 Å². The molecule has 0 amide bonds. The molecule has 5 aromatic rings. The van der Waals surface area contributed by atoms with E-state index in [1.165, 1.54) is 43.8 Å². The third-order valence-electron chi connectivity index (χ3n) is 6.96. The van der Waals surface area contributed by atoms with Gasteiger partial charge in [0.05, 0.1) is 0 Å². The molecule has 0 nitrogen and oxygen atoms in total. The lowest BCUT2D eigenvalue weighted by Gasteiger charge is -2.31. The van der Waals surface area contributed by atoms with E-state index >= 15 is 0 Å². The van der Waals surface area contributed by atoms with Crippen LogP contribution < -0.4 is 0 Å². The van der Waals surface area contributed by atoms with E-state index < -0.39 is 0 Å². The summed E-state index contributed by atoms with van der Waals surface area (Å²) in [6, 6.07) is 41.4. The maximum atomic E-state index is 2.40. The van der Waals surface area contributed by atoms with Gasteiger partial charge in [-0.25, -0.2) is 0 Å². The molecule has 5 aromatic carbocycles. The van der Waals surface area contributed by atoms with Crippen LogP contribution in [0.15, 0.2) is 140 Å². The number of fused-ring (bicyclic) bond motifs is 2. The van der Waals surface area contributed by atoms with E-state index in [1.54, 1.807) is 0 Å². The predicted octanol–water partition coefficient (Wildman–Crippen LogP) is 8.99. The minimum atomic E-state index is -0.180. The van der Waals surface area contributed by atoms with E-state index in [4.69, 9.17) is 0 Å². The van der Waals surface area contributed by atoms with Crippen molar-refractivity contribution in [3.8, 4) is 0 Å². The van der Waals surface area contributed by atoms with E-state index in [0.717, 1.165) is 6.42 Å². The van der Waals surface area contributed by atoms with Crippen molar-refractivity contribution in [1.82, 2.24) is 0 Å². The molecular formula is C34H26. The van der Waals surface area contributed by atoms with Crippen molar-refractivity contribution in [3.05, 3.63) is 156 Å². The number of benzene rings is 5. The lowest BCUT2D eigenvalue weighted by Crippen LogP contribution is -2.22. The van der Waals surface area contributed by atoms with Crippen molar-refractivity contribution in [2.45, 2.75) is 11.8 Å². The van der Waals surface area contributed by atoms with Gasteiger partial charge < -0.3 is 0 Å². The molecule has 0 spiro atoms. The monoisotopic (exact) mass is 434 g/mol. The van der Waals surface area contributed by atoms with Crippen LogP contribution in [0.3, 0.4) is 0 Å². The third kappa shape index (κ3) is 3.89. The van der Waals surface area contributed by atoms with Crippen molar-refractivity contribution in [2.75, 3.05) is 0 Å². The SMILES string of the molecule is C1=CC(C=Cc2ccccc2)(c2ccc3ccccc3c2)CC=C1c1ccc2ccccc2c1. The van der Waals surface area contributed by atoms with Crippen molar-refractivity contribution < 1.29 is 0 Å². The zero-order valence-corrected chi connectivity index (χ0v) is 19.1. The maximum Gasteiger partial charge on any atom is 0.0353 e. The first kappa shape index (κ1) is 20.4. The van der Waals surface area contributed by atoms with Crippen LogP contribution in [0.2, 0.25) is 0 Å². The van der Waals surface area contributed by atoms with E-state index in [2.05, 4.69) is 146 Å². The second kappa shape index (κ2) is 8.65. The van der Waals surface area contributed by atoms with Gasteiger partial charge in [-0.3, -0.25) is 0 Å². The molecule has 0 aromatic heterocycles. The lowest BCUT2D eigenvalue weighted by atomic mass is 9.73. The standard InChI is InChI=1S/C34H26/c1-2-8-26(9-3-1)18-21-34(33-17-16-28-11-5-7-13-31(28)25-33)22-19-29(20-23-34)32-15-14-27-10-4-6-12-30(27)24-32/h1-22,24-25H,23H2. The van der Waals surface area contributed by atoms with Gasteiger partial charge in [-0.05, 0) is 62.4 Å². The molecule has 1 aliphatic rings. The van der Waals surface area contributed by atoms with Crippen molar-refractivity contribution in [3.63, 3.8) is 0 Å². The van der Waals surface area contributed by atoms with Crippen LogP contribution in [-0.4, -0.2) is 0 Å². The quantitative estimate of drug-likeness (QED) is 0.265. The van der Waals surface area contributed by atoms with Crippen LogP contribution in [0.4, 0.5) is 0 Å². The Balaban J connectivity index is 1.41. The fraction of sp³-hybridized carbons (Fsp3) is 0.0588. The highest BCUT2D eigenvalue weighted by atomic mass is 14.3. The smallest absolute Gasteiger partial charge is 0.0353 e. The molecule has 1 aliphatic carbocycles. The van der Waals surface area contributed by atoms with Gasteiger partial charge in [-0.15, -0.1) is 0 Å². The maximum absolute atomic E-state index is 2.40. The van der Waals surface area contributed by atoms with Crippen molar-refractivity contribution >= 4 is 33.2 Å². The number of rotatable bonds is 4. The molecule has 0 heterocycles. The topological polar surface area (TPSA) is 0 Å². The molecule has 0 heteroatoms. The highest BCUT2D eigenvalue weighted by molar-refractivity contribution is 5.89. The Morgan fingerprint density at radius 3 is 1.94 bits per heavy atom. The van der Waals surface area contributed by atoms with Crippen LogP contribution in [0.5, 0.6) is 0 Å². The Bertz CT molecular complexity index is 1570. The van der Waals surface area contributed by atoms with Crippen molar-refractivity contribution in [1.29, 1.82) is 0 Å². The normalized spacial score (nSPS) is 17.9. The van der Waals surface area contributed by atoms with Crippen LogP contribution >= 0.6 is 0 Å². The number of allylic oxidation sites excluding steroid dienone is 5. The second-order valence-electron chi connectivity index (χ2n) is 9.11. The summed E-state index contributed by atoms with van der Waals surface area (Å²) in [5.41, 5.74) is 4.92. The second-order valence-corrected chi connectivity index (χ2v) is 9.11. The lowest BCUT2D eigenvalue weighted by molar-refractivity contribution is 0.681. The zero-order valence-electron chi connectivity index (χ0n) is 19.1. The molecule has 0 fully saturated rings. The molecule has 0 N–H and O–H groups in total. The molecule has 0 bridgehead atoms. The van der Waals surface area contributed by atoms with Gasteiger partial charge in [0, 0.05) is 5.41 Å². The average Bonchev–Trinajstić information content (AvgIpc) is 2.92.